The maximum Gasteiger partial charge on any atom is 0.311 e. The molecule has 6 nitrogen and oxygen atoms in total. The highest BCUT2D eigenvalue weighted by Gasteiger charge is 2.56. The van der Waals surface area contributed by atoms with Crippen LogP contribution in [0.2, 0.25) is 0 Å². The topological polar surface area (TPSA) is 66.9 Å². The summed E-state index contributed by atoms with van der Waals surface area (Å²) in [7, 11) is 1.37. The zero-order chi connectivity index (χ0) is 17.3. The Morgan fingerprint density at radius 2 is 2.08 bits per heavy atom. The van der Waals surface area contributed by atoms with E-state index in [1.54, 1.807) is 0 Å². The molecule has 0 N–H and O–H groups in total. The fourth-order valence-corrected chi connectivity index (χ4v) is 4.76. The summed E-state index contributed by atoms with van der Waals surface area (Å²) in [6, 6.07) is 1.83. The average molecular weight is 350 g/mol. The highest BCUT2D eigenvalue weighted by atomic mass is 32.1. The molecular weight excluding hydrogens is 328 g/mol. The Labute approximate surface area is 145 Å². The second-order valence-corrected chi connectivity index (χ2v) is 7.11. The summed E-state index contributed by atoms with van der Waals surface area (Å²) in [6.45, 7) is 3.60. The number of piperidine rings is 1. The molecule has 2 amide bonds. The maximum absolute atomic E-state index is 12.5. The molecule has 3 rings (SSSR count). The van der Waals surface area contributed by atoms with E-state index in [2.05, 4.69) is 0 Å². The molecule has 130 valence electrons. The fourth-order valence-electron chi connectivity index (χ4n) is 4.13. The van der Waals surface area contributed by atoms with Crippen molar-refractivity contribution in [2.45, 2.75) is 31.7 Å². The van der Waals surface area contributed by atoms with Gasteiger partial charge in [-0.15, -0.1) is 0 Å². The lowest BCUT2D eigenvalue weighted by Gasteiger charge is -2.46. The molecule has 1 unspecified atom stereocenters. The van der Waals surface area contributed by atoms with Crippen molar-refractivity contribution in [2.75, 3.05) is 26.7 Å². The van der Waals surface area contributed by atoms with Crippen molar-refractivity contribution in [1.82, 2.24) is 9.80 Å². The first-order valence-electron chi connectivity index (χ1n) is 8.23. The Morgan fingerprint density at radius 1 is 1.38 bits per heavy atom. The van der Waals surface area contributed by atoms with Gasteiger partial charge >= 0.3 is 5.97 Å². The molecule has 0 bridgehead atoms. The summed E-state index contributed by atoms with van der Waals surface area (Å²) < 4.78 is 4.94. The minimum Gasteiger partial charge on any atom is -0.469 e. The van der Waals surface area contributed by atoms with Gasteiger partial charge in [0.1, 0.15) is 0 Å². The molecule has 1 aromatic heterocycles. The number of esters is 1. The third-order valence-corrected chi connectivity index (χ3v) is 6.04. The quantitative estimate of drug-likeness (QED) is 0.779. The Morgan fingerprint density at radius 3 is 2.62 bits per heavy atom. The summed E-state index contributed by atoms with van der Waals surface area (Å²) in [4.78, 5) is 40.7. The molecule has 1 aromatic rings. The van der Waals surface area contributed by atoms with Crippen LogP contribution in [0.4, 0.5) is 0 Å². The smallest absolute Gasteiger partial charge is 0.311 e. The molecule has 1 spiro atoms. The van der Waals surface area contributed by atoms with Crippen LogP contribution in [0.1, 0.15) is 36.5 Å². The van der Waals surface area contributed by atoms with Crippen molar-refractivity contribution >= 4 is 29.1 Å². The molecule has 0 aliphatic carbocycles. The molecule has 2 aliphatic rings. The van der Waals surface area contributed by atoms with Crippen LogP contribution in [0.5, 0.6) is 0 Å². The number of amides is 2. The monoisotopic (exact) mass is 350 g/mol. The molecule has 2 fully saturated rings. The Bertz CT molecular complexity index is 633. The van der Waals surface area contributed by atoms with E-state index in [4.69, 9.17) is 4.74 Å². The number of hydrogen-bond acceptors (Lipinski definition) is 5. The van der Waals surface area contributed by atoms with Gasteiger partial charge in [0.05, 0.1) is 24.1 Å². The van der Waals surface area contributed by atoms with E-state index in [0.717, 1.165) is 0 Å². The van der Waals surface area contributed by atoms with E-state index in [0.29, 0.717) is 38.0 Å². The van der Waals surface area contributed by atoms with Crippen LogP contribution in [0.25, 0.3) is 0 Å². The summed E-state index contributed by atoms with van der Waals surface area (Å²) in [5, 5.41) is 3.74. The predicted molar refractivity (Wildman–Crippen MR) is 89.7 cm³/mol. The molecule has 0 saturated carbocycles. The number of rotatable bonds is 3. The van der Waals surface area contributed by atoms with Crippen LogP contribution >= 0.6 is 11.3 Å². The van der Waals surface area contributed by atoms with Crippen molar-refractivity contribution in [1.29, 1.82) is 0 Å². The number of ether oxygens (including phenoxy) is 1. The molecule has 0 radical (unpaired) electrons. The molecule has 2 aliphatic heterocycles. The van der Waals surface area contributed by atoms with Gasteiger partial charge < -0.3 is 14.5 Å². The van der Waals surface area contributed by atoms with Crippen LogP contribution in [0, 0.1) is 5.92 Å². The Hall–Kier alpha value is -1.89. The summed E-state index contributed by atoms with van der Waals surface area (Å²) >= 11 is 1.50. The lowest BCUT2D eigenvalue weighted by molar-refractivity contribution is -0.150. The first-order chi connectivity index (χ1) is 11.5. The maximum atomic E-state index is 12.5. The van der Waals surface area contributed by atoms with Crippen molar-refractivity contribution < 1.29 is 19.1 Å². The van der Waals surface area contributed by atoms with Crippen LogP contribution in [-0.4, -0.2) is 59.9 Å². The van der Waals surface area contributed by atoms with Gasteiger partial charge in [-0.1, -0.05) is 0 Å². The minimum absolute atomic E-state index is 0.00510. The lowest BCUT2D eigenvalue weighted by Crippen LogP contribution is -2.58. The molecular formula is C17H22N2O4S. The second kappa shape index (κ2) is 6.55. The number of likely N-dealkylation sites (tertiary alicyclic amines) is 2. The highest BCUT2D eigenvalue weighted by molar-refractivity contribution is 7.08. The third-order valence-electron chi connectivity index (χ3n) is 5.35. The molecule has 2 saturated heterocycles. The summed E-state index contributed by atoms with van der Waals surface area (Å²) in [5.41, 5.74) is 0.194. The number of carbonyl (C=O) groups is 3. The average Bonchev–Trinajstić information content (AvgIpc) is 3.21. The van der Waals surface area contributed by atoms with Gasteiger partial charge in [-0.25, -0.2) is 0 Å². The molecule has 0 aromatic carbocycles. The number of methoxy groups -OCH3 is 1. The lowest BCUT2D eigenvalue weighted by atomic mass is 9.76. The van der Waals surface area contributed by atoms with Crippen molar-refractivity contribution in [3.63, 3.8) is 0 Å². The predicted octanol–water partition coefficient (Wildman–Crippen LogP) is 1.76. The number of hydrogen-bond donors (Lipinski definition) is 0. The first-order valence-corrected chi connectivity index (χ1v) is 9.17. The van der Waals surface area contributed by atoms with Gasteiger partial charge in [0, 0.05) is 31.4 Å². The standard InChI is InChI=1S/C17H22N2O4S/c1-3-19-14(20)10-13(16(22)23-2)17(19)5-7-18(8-6-17)15(21)12-4-9-24-11-12/h4,9,11,13H,3,5-8,10H2,1-2H3. The third kappa shape index (κ3) is 2.60. The molecule has 24 heavy (non-hydrogen) atoms. The molecule has 1 atom stereocenters. The van der Waals surface area contributed by atoms with Crippen LogP contribution in [0.15, 0.2) is 16.8 Å². The van der Waals surface area contributed by atoms with E-state index < -0.39 is 11.5 Å². The van der Waals surface area contributed by atoms with Crippen LogP contribution in [-0.2, 0) is 14.3 Å². The minimum atomic E-state index is -0.510. The zero-order valence-corrected chi connectivity index (χ0v) is 14.8. The second-order valence-electron chi connectivity index (χ2n) is 6.33. The normalized spacial score (nSPS) is 22.9. The van der Waals surface area contributed by atoms with Gasteiger partial charge in [-0.2, -0.15) is 11.3 Å². The van der Waals surface area contributed by atoms with Crippen molar-refractivity contribution in [2.24, 2.45) is 5.92 Å². The van der Waals surface area contributed by atoms with Gasteiger partial charge in [-0.05, 0) is 31.2 Å². The van der Waals surface area contributed by atoms with Gasteiger partial charge in [0.15, 0.2) is 0 Å². The summed E-state index contributed by atoms with van der Waals surface area (Å²) in [6.07, 6.45) is 1.43. The van der Waals surface area contributed by atoms with E-state index in [1.807, 2.05) is 33.6 Å². The van der Waals surface area contributed by atoms with Gasteiger partial charge in [0.2, 0.25) is 5.91 Å². The van der Waals surface area contributed by atoms with E-state index in [-0.39, 0.29) is 24.2 Å². The largest absolute Gasteiger partial charge is 0.469 e. The Kier molecular flexibility index (Phi) is 4.62. The summed E-state index contributed by atoms with van der Waals surface area (Å²) in [5.74, 6) is -0.733. The van der Waals surface area contributed by atoms with Crippen LogP contribution < -0.4 is 0 Å². The number of thiophene rings is 1. The van der Waals surface area contributed by atoms with Gasteiger partial charge in [-0.3, -0.25) is 14.4 Å². The van der Waals surface area contributed by atoms with E-state index in [1.165, 1.54) is 18.4 Å². The fraction of sp³-hybridized carbons (Fsp3) is 0.588. The zero-order valence-electron chi connectivity index (χ0n) is 14.0. The first kappa shape index (κ1) is 17.0. The number of carbonyl (C=O) groups excluding carboxylic acids is 3. The SMILES string of the molecule is CCN1C(=O)CC(C(=O)OC)C12CCN(C(=O)c1ccsc1)CC2. The van der Waals surface area contributed by atoms with Crippen molar-refractivity contribution in [3.05, 3.63) is 22.4 Å². The molecule has 3 heterocycles. The van der Waals surface area contributed by atoms with E-state index >= 15 is 0 Å². The Balaban J connectivity index is 1.79. The van der Waals surface area contributed by atoms with Crippen LogP contribution in [0.3, 0.4) is 0 Å². The molecule has 7 heteroatoms. The number of nitrogens with zero attached hydrogens (tertiary/aromatic N) is 2. The highest BCUT2D eigenvalue weighted by Crippen LogP contribution is 2.44. The van der Waals surface area contributed by atoms with Gasteiger partial charge in [0.25, 0.3) is 5.91 Å². The van der Waals surface area contributed by atoms with Crippen molar-refractivity contribution in [3.8, 4) is 0 Å². The van der Waals surface area contributed by atoms with E-state index in [9.17, 15) is 14.4 Å².